The third-order valence-corrected chi connectivity index (χ3v) is 10.6. The highest BCUT2D eigenvalue weighted by atomic mass is 35.5. The topological polar surface area (TPSA) is 186 Å². The summed E-state index contributed by atoms with van der Waals surface area (Å²) < 4.78 is 39.8. The van der Waals surface area contributed by atoms with E-state index in [1.165, 1.54) is 57.1 Å². The van der Waals surface area contributed by atoms with E-state index in [0.717, 1.165) is 25.7 Å². The standard InChI is InChI=1S/C30H50Cl3NO10S/c1-2-3-4-5-6-7-8-9-10-11-12-13-14-23(36)25(37)22(18-43-30-28(40)27(39)26(38)24(17-35)44-30)34-45(41,42)29-20(32)15-19(31)16-21(29)33/h15-16,22-28,30,34-40H,2-14,17-18H2,1H3/t22-,23-,24-,25+,26+,27+,28-,30+/m1/s1. The van der Waals surface area contributed by atoms with Crippen LogP contribution in [0.2, 0.25) is 15.1 Å². The van der Waals surface area contributed by atoms with Gasteiger partial charge in [0, 0.05) is 5.02 Å². The molecule has 7 N–H and O–H groups in total. The molecule has 8 atom stereocenters. The van der Waals surface area contributed by atoms with Crippen LogP contribution in [0.3, 0.4) is 0 Å². The van der Waals surface area contributed by atoms with Gasteiger partial charge in [-0.1, -0.05) is 119 Å². The lowest BCUT2D eigenvalue weighted by Crippen LogP contribution is -2.60. The number of benzene rings is 1. The number of unbranched alkanes of at least 4 members (excludes halogenated alkanes) is 11. The maximum atomic E-state index is 13.3. The van der Waals surface area contributed by atoms with Gasteiger partial charge in [0.25, 0.3) is 0 Å². The molecule has 0 saturated carbocycles. The first kappa shape index (κ1) is 40.9. The lowest BCUT2D eigenvalue weighted by atomic mass is 9.99. The van der Waals surface area contributed by atoms with Crippen molar-refractivity contribution in [1.82, 2.24) is 4.72 Å². The molecule has 0 aromatic heterocycles. The zero-order valence-electron chi connectivity index (χ0n) is 25.7. The van der Waals surface area contributed by atoms with Crippen LogP contribution in [-0.4, -0.2) is 101 Å². The first-order valence-electron chi connectivity index (χ1n) is 15.8. The SMILES string of the molecule is CCCCCCCCCCCCCC[C@@H](O)[C@@H](O)[C@@H](CO[C@H]1O[C@H](CO)[C@H](O)[C@H](O)[C@H]1O)NS(=O)(=O)c1c(Cl)cc(Cl)cc1Cl. The van der Waals surface area contributed by atoms with Gasteiger partial charge >= 0.3 is 0 Å². The van der Waals surface area contributed by atoms with E-state index in [1.807, 2.05) is 0 Å². The van der Waals surface area contributed by atoms with Crippen molar-refractivity contribution in [3.63, 3.8) is 0 Å². The van der Waals surface area contributed by atoms with Gasteiger partial charge < -0.3 is 40.1 Å². The number of halogens is 3. The van der Waals surface area contributed by atoms with Gasteiger partial charge in [0.15, 0.2) is 6.29 Å². The van der Waals surface area contributed by atoms with Crippen molar-refractivity contribution >= 4 is 44.8 Å². The molecule has 0 bridgehead atoms. The van der Waals surface area contributed by atoms with Crippen LogP contribution in [0, 0.1) is 0 Å². The summed E-state index contributed by atoms with van der Waals surface area (Å²) in [6, 6.07) is 0.863. The zero-order chi connectivity index (χ0) is 33.6. The summed E-state index contributed by atoms with van der Waals surface area (Å²) in [6.07, 6.45) is 2.61. The van der Waals surface area contributed by atoms with Gasteiger partial charge in [-0.25, -0.2) is 13.1 Å². The van der Waals surface area contributed by atoms with Gasteiger partial charge in [-0.15, -0.1) is 0 Å². The average Bonchev–Trinajstić information content (AvgIpc) is 2.98. The molecule has 0 amide bonds. The molecular formula is C30H50Cl3NO10S. The molecule has 1 aromatic carbocycles. The van der Waals surface area contributed by atoms with E-state index in [4.69, 9.17) is 44.3 Å². The molecule has 1 saturated heterocycles. The van der Waals surface area contributed by atoms with E-state index in [0.29, 0.717) is 6.42 Å². The fraction of sp³-hybridized carbons (Fsp3) is 0.800. The van der Waals surface area contributed by atoms with Crippen LogP contribution in [0.25, 0.3) is 0 Å². The largest absolute Gasteiger partial charge is 0.394 e. The Morgan fingerprint density at radius 3 is 1.87 bits per heavy atom. The summed E-state index contributed by atoms with van der Waals surface area (Å²) >= 11 is 18.2. The number of hydrogen-bond acceptors (Lipinski definition) is 10. The van der Waals surface area contributed by atoms with Crippen molar-refractivity contribution in [2.75, 3.05) is 13.2 Å². The minimum atomic E-state index is -4.52. The van der Waals surface area contributed by atoms with Crippen LogP contribution in [-0.2, 0) is 19.5 Å². The van der Waals surface area contributed by atoms with Crippen LogP contribution in [0.1, 0.15) is 90.4 Å². The molecule has 45 heavy (non-hydrogen) atoms. The number of rotatable bonds is 22. The highest BCUT2D eigenvalue weighted by Gasteiger charge is 2.45. The Labute approximate surface area is 281 Å². The van der Waals surface area contributed by atoms with E-state index in [-0.39, 0.29) is 21.5 Å². The predicted octanol–water partition coefficient (Wildman–Crippen LogP) is 3.92. The Hall–Kier alpha value is -0.320. The van der Waals surface area contributed by atoms with Crippen LogP contribution >= 0.6 is 34.8 Å². The molecule has 262 valence electrons. The molecule has 0 radical (unpaired) electrons. The lowest BCUT2D eigenvalue weighted by Gasteiger charge is -2.40. The number of aliphatic hydroxyl groups is 6. The fourth-order valence-electron chi connectivity index (χ4n) is 5.28. The number of sulfonamides is 1. The lowest BCUT2D eigenvalue weighted by molar-refractivity contribution is -0.303. The van der Waals surface area contributed by atoms with Crippen molar-refractivity contribution < 1.29 is 48.5 Å². The number of ether oxygens (including phenoxy) is 2. The molecule has 1 heterocycles. The Bertz CT molecular complexity index is 1080. The summed E-state index contributed by atoms with van der Waals surface area (Å²) in [5.41, 5.74) is 0. The minimum Gasteiger partial charge on any atom is -0.394 e. The maximum absolute atomic E-state index is 13.3. The third kappa shape index (κ3) is 13.2. The summed E-state index contributed by atoms with van der Waals surface area (Å²) in [5, 5.41) is 61.3. The van der Waals surface area contributed by atoms with Gasteiger partial charge in [0.1, 0.15) is 29.3 Å². The van der Waals surface area contributed by atoms with E-state index in [2.05, 4.69) is 11.6 Å². The van der Waals surface area contributed by atoms with Crippen LogP contribution in [0.15, 0.2) is 17.0 Å². The molecule has 1 aliphatic heterocycles. The molecule has 11 nitrogen and oxygen atoms in total. The summed E-state index contributed by atoms with van der Waals surface area (Å²) in [5.74, 6) is 0. The Kier molecular flexibility index (Phi) is 19.0. The number of nitrogens with one attached hydrogen (secondary N) is 1. The molecule has 1 fully saturated rings. The van der Waals surface area contributed by atoms with Crippen LogP contribution < -0.4 is 4.72 Å². The van der Waals surface area contributed by atoms with Gasteiger partial charge in [-0.2, -0.15) is 0 Å². The third-order valence-electron chi connectivity index (χ3n) is 7.99. The van der Waals surface area contributed by atoms with Gasteiger partial charge in [0.05, 0.1) is 41.5 Å². The Balaban J connectivity index is 2.01. The molecule has 1 aromatic rings. The number of hydrogen-bond donors (Lipinski definition) is 7. The van der Waals surface area contributed by atoms with E-state index < -0.39 is 77.1 Å². The predicted molar refractivity (Wildman–Crippen MR) is 173 cm³/mol. The quantitative estimate of drug-likeness (QED) is 0.0866. The molecule has 2 rings (SSSR count). The van der Waals surface area contributed by atoms with Crippen molar-refractivity contribution in [2.24, 2.45) is 0 Å². The average molecular weight is 723 g/mol. The van der Waals surface area contributed by atoms with Gasteiger partial charge in [0.2, 0.25) is 10.0 Å². The Morgan fingerprint density at radius 2 is 1.36 bits per heavy atom. The van der Waals surface area contributed by atoms with Crippen LogP contribution in [0.4, 0.5) is 0 Å². The molecular weight excluding hydrogens is 673 g/mol. The minimum absolute atomic E-state index is 0.101. The number of aliphatic hydroxyl groups excluding tert-OH is 6. The smallest absolute Gasteiger partial charge is 0.243 e. The summed E-state index contributed by atoms with van der Waals surface area (Å²) in [7, 11) is -4.52. The molecule has 1 aliphatic rings. The fourth-order valence-corrected chi connectivity index (χ4v) is 8.06. The molecule has 0 aliphatic carbocycles. The zero-order valence-corrected chi connectivity index (χ0v) is 28.8. The second kappa shape index (κ2) is 20.9. The molecule has 0 spiro atoms. The second-order valence-corrected chi connectivity index (χ2v) is 14.6. The van der Waals surface area contributed by atoms with Crippen molar-refractivity contribution in [3.05, 3.63) is 27.2 Å². The Morgan fingerprint density at radius 1 is 0.844 bits per heavy atom. The van der Waals surface area contributed by atoms with Crippen LogP contribution in [0.5, 0.6) is 0 Å². The highest BCUT2D eigenvalue weighted by molar-refractivity contribution is 7.89. The van der Waals surface area contributed by atoms with Gasteiger partial charge in [-0.3, -0.25) is 0 Å². The highest BCUT2D eigenvalue weighted by Crippen LogP contribution is 2.33. The summed E-state index contributed by atoms with van der Waals surface area (Å²) in [4.78, 5) is -0.504. The maximum Gasteiger partial charge on any atom is 0.243 e. The second-order valence-electron chi connectivity index (χ2n) is 11.7. The van der Waals surface area contributed by atoms with Crippen molar-refractivity contribution in [1.29, 1.82) is 0 Å². The first-order valence-corrected chi connectivity index (χ1v) is 18.4. The van der Waals surface area contributed by atoms with Gasteiger partial charge in [-0.05, 0) is 18.6 Å². The monoisotopic (exact) mass is 721 g/mol. The van der Waals surface area contributed by atoms with Crippen molar-refractivity contribution in [3.8, 4) is 0 Å². The molecule has 0 unspecified atom stereocenters. The van der Waals surface area contributed by atoms with E-state index in [1.54, 1.807) is 0 Å². The van der Waals surface area contributed by atoms with Crippen molar-refractivity contribution in [2.45, 2.75) is 144 Å². The summed E-state index contributed by atoms with van der Waals surface area (Å²) in [6.45, 7) is 0.855. The molecule has 15 heteroatoms. The first-order chi connectivity index (χ1) is 21.3. The normalized spacial score (nSPS) is 24.4. The van der Waals surface area contributed by atoms with E-state index >= 15 is 0 Å². The van der Waals surface area contributed by atoms with E-state index in [9.17, 15) is 39.1 Å².